The molecule has 1 heterocycles. The Hall–Kier alpha value is -1.00. The van der Waals surface area contributed by atoms with Crippen LogP contribution in [0.5, 0.6) is 0 Å². The van der Waals surface area contributed by atoms with E-state index in [0.717, 1.165) is 6.07 Å². The third-order valence-corrected chi connectivity index (χ3v) is 2.85. The van der Waals surface area contributed by atoms with Gasteiger partial charge >= 0.3 is 0 Å². The van der Waals surface area contributed by atoms with E-state index in [4.69, 9.17) is 4.74 Å². The van der Waals surface area contributed by atoms with E-state index in [1.807, 2.05) is 0 Å². The number of halogens is 2. The second-order valence-electron chi connectivity index (χ2n) is 4.17. The van der Waals surface area contributed by atoms with Gasteiger partial charge in [0.1, 0.15) is 11.6 Å². The standard InChI is InChI=1S/C12H14F2O2/c13-10-4-8(5-11(14)6-10)3-9-7-16-2-1-12(9)15/h4-6,9,12,15H,1-3,7H2. The van der Waals surface area contributed by atoms with E-state index in [1.165, 1.54) is 12.1 Å². The molecule has 2 rings (SSSR count). The number of hydrogen-bond donors (Lipinski definition) is 1. The van der Waals surface area contributed by atoms with Crippen LogP contribution < -0.4 is 0 Å². The summed E-state index contributed by atoms with van der Waals surface area (Å²) in [4.78, 5) is 0. The fraction of sp³-hybridized carbons (Fsp3) is 0.500. The second kappa shape index (κ2) is 4.89. The fourth-order valence-electron chi connectivity index (χ4n) is 2.01. The maximum Gasteiger partial charge on any atom is 0.126 e. The maximum absolute atomic E-state index is 12.9. The van der Waals surface area contributed by atoms with Crippen molar-refractivity contribution in [2.24, 2.45) is 5.92 Å². The first kappa shape index (κ1) is 11.5. The van der Waals surface area contributed by atoms with Crippen molar-refractivity contribution in [3.63, 3.8) is 0 Å². The van der Waals surface area contributed by atoms with Crippen LogP contribution in [-0.2, 0) is 11.2 Å². The fourth-order valence-corrected chi connectivity index (χ4v) is 2.01. The molecule has 16 heavy (non-hydrogen) atoms. The molecule has 1 aliphatic rings. The van der Waals surface area contributed by atoms with Crippen molar-refractivity contribution < 1.29 is 18.6 Å². The number of benzene rings is 1. The van der Waals surface area contributed by atoms with Crippen LogP contribution in [0, 0.1) is 17.6 Å². The average molecular weight is 228 g/mol. The Bertz CT molecular complexity index is 348. The van der Waals surface area contributed by atoms with Crippen LogP contribution in [0.4, 0.5) is 8.78 Å². The molecule has 2 atom stereocenters. The van der Waals surface area contributed by atoms with E-state index in [2.05, 4.69) is 0 Å². The summed E-state index contributed by atoms with van der Waals surface area (Å²) in [5, 5.41) is 9.70. The summed E-state index contributed by atoms with van der Waals surface area (Å²) in [7, 11) is 0. The molecule has 1 N–H and O–H groups in total. The number of aliphatic hydroxyl groups excluding tert-OH is 1. The molecule has 4 heteroatoms. The van der Waals surface area contributed by atoms with Crippen molar-refractivity contribution in [2.45, 2.75) is 18.9 Å². The summed E-state index contributed by atoms with van der Waals surface area (Å²) in [5.41, 5.74) is 0.562. The van der Waals surface area contributed by atoms with E-state index in [1.54, 1.807) is 0 Å². The van der Waals surface area contributed by atoms with Gasteiger partial charge in [-0.1, -0.05) is 0 Å². The van der Waals surface area contributed by atoms with Gasteiger partial charge in [0, 0.05) is 18.6 Å². The number of hydrogen-bond acceptors (Lipinski definition) is 2. The number of ether oxygens (including phenoxy) is 1. The molecule has 0 spiro atoms. The molecule has 2 unspecified atom stereocenters. The van der Waals surface area contributed by atoms with Crippen molar-refractivity contribution in [2.75, 3.05) is 13.2 Å². The van der Waals surface area contributed by atoms with E-state index in [9.17, 15) is 13.9 Å². The van der Waals surface area contributed by atoms with Crippen LogP contribution in [0.25, 0.3) is 0 Å². The summed E-state index contributed by atoms with van der Waals surface area (Å²) < 4.78 is 31.1. The third-order valence-electron chi connectivity index (χ3n) is 2.85. The lowest BCUT2D eigenvalue weighted by atomic mass is 9.91. The van der Waals surface area contributed by atoms with E-state index < -0.39 is 17.7 Å². The molecule has 1 aromatic carbocycles. The zero-order valence-corrected chi connectivity index (χ0v) is 8.83. The van der Waals surface area contributed by atoms with Crippen molar-refractivity contribution in [3.8, 4) is 0 Å². The van der Waals surface area contributed by atoms with Gasteiger partial charge in [-0.15, -0.1) is 0 Å². The number of aliphatic hydroxyl groups is 1. The van der Waals surface area contributed by atoms with Crippen LogP contribution in [0.1, 0.15) is 12.0 Å². The number of rotatable bonds is 2. The Labute approximate surface area is 92.9 Å². The van der Waals surface area contributed by atoms with Gasteiger partial charge < -0.3 is 9.84 Å². The minimum absolute atomic E-state index is 0.0741. The first-order valence-corrected chi connectivity index (χ1v) is 5.36. The molecule has 0 aromatic heterocycles. The second-order valence-corrected chi connectivity index (χ2v) is 4.17. The highest BCUT2D eigenvalue weighted by Crippen LogP contribution is 2.20. The predicted molar refractivity (Wildman–Crippen MR) is 55.0 cm³/mol. The molecule has 0 bridgehead atoms. The Morgan fingerprint density at radius 2 is 1.94 bits per heavy atom. The topological polar surface area (TPSA) is 29.5 Å². The first-order chi connectivity index (χ1) is 7.65. The van der Waals surface area contributed by atoms with Gasteiger partial charge in [-0.2, -0.15) is 0 Å². The molecule has 1 aromatic rings. The summed E-state index contributed by atoms with van der Waals surface area (Å²) >= 11 is 0. The molecular weight excluding hydrogens is 214 g/mol. The first-order valence-electron chi connectivity index (χ1n) is 5.36. The van der Waals surface area contributed by atoms with Crippen molar-refractivity contribution in [1.82, 2.24) is 0 Å². The van der Waals surface area contributed by atoms with E-state index >= 15 is 0 Å². The minimum Gasteiger partial charge on any atom is -0.393 e. The van der Waals surface area contributed by atoms with Gasteiger partial charge in [-0.25, -0.2) is 8.78 Å². The maximum atomic E-state index is 12.9. The zero-order valence-electron chi connectivity index (χ0n) is 8.83. The highest BCUT2D eigenvalue weighted by atomic mass is 19.1. The Balaban J connectivity index is 2.07. The smallest absolute Gasteiger partial charge is 0.126 e. The summed E-state index contributed by atoms with van der Waals surface area (Å²) in [5.74, 6) is -1.24. The zero-order chi connectivity index (χ0) is 11.5. The average Bonchev–Trinajstić information content (AvgIpc) is 2.20. The molecule has 0 saturated carbocycles. The lowest BCUT2D eigenvalue weighted by Crippen LogP contribution is -2.33. The molecule has 0 radical (unpaired) electrons. The van der Waals surface area contributed by atoms with Gasteiger partial charge in [-0.3, -0.25) is 0 Å². The van der Waals surface area contributed by atoms with Crippen molar-refractivity contribution >= 4 is 0 Å². The third kappa shape index (κ3) is 2.77. The molecular formula is C12H14F2O2. The van der Waals surface area contributed by atoms with Crippen LogP contribution in [-0.4, -0.2) is 24.4 Å². The van der Waals surface area contributed by atoms with Gasteiger partial charge in [0.2, 0.25) is 0 Å². The highest BCUT2D eigenvalue weighted by Gasteiger charge is 2.24. The summed E-state index contributed by atoms with van der Waals surface area (Å²) in [6.07, 6.45) is 0.582. The van der Waals surface area contributed by atoms with Crippen molar-refractivity contribution in [1.29, 1.82) is 0 Å². The molecule has 2 nitrogen and oxygen atoms in total. The lowest BCUT2D eigenvalue weighted by Gasteiger charge is -2.27. The van der Waals surface area contributed by atoms with Gasteiger partial charge in [0.15, 0.2) is 0 Å². The predicted octanol–water partition coefficient (Wildman–Crippen LogP) is 1.90. The molecule has 0 amide bonds. The van der Waals surface area contributed by atoms with E-state index in [-0.39, 0.29) is 5.92 Å². The van der Waals surface area contributed by atoms with Gasteiger partial charge in [0.25, 0.3) is 0 Å². The molecule has 1 saturated heterocycles. The van der Waals surface area contributed by atoms with Crippen LogP contribution >= 0.6 is 0 Å². The summed E-state index contributed by atoms with van der Waals surface area (Å²) in [6, 6.07) is 3.44. The normalized spacial score (nSPS) is 25.7. The Kier molecular flexibility index (Phi) is 3.51. The largest absolute Gasteiger partial charge is 0.393 e. The molecule has 0 aliphatic carbocycles. The van der Waals surface area contributed by atoms with Crippen molar-refractivity contribution in [3.05, 3.63) is 35.4 Å². The summed E-state index contributed by atoms with van der Waals surface area (Å²) in [6.45, 7) is 0.995. The van der Waals surface area contributed by atoms with Crippen LogP contribution in [0.15, 0.2) is 18.2 Å². The van der Waals surface area contributed by atoms with Gasteiger partial charge in [0.05, 0.1) is 12.7 Å². The Morgan fingerprint density at radius 1 is 1.25 bits per heavy atom. The van der Waals surface area contributed by atoms with Crippen LogP contribution in [0.2, 0.25) is 0 Å². The van der Waals surface area contributed by atoms with Gasteiger partial charge in [-0.05, 0) is 30.5 Å². The highest BCUT2D eigenvalue weighted by molar-refractivity contribution is 5.18. The monoisotopic (exact) mass is 228 g/mol. The lowest BCUT2D eigenvalue weighted by molar-refractivity contribution is -0.0351. The molecule has 88 valence electrons. The van der Waals surface area contributed by atoms with E-state index in [0.29, 0.717) is 31.6 Å². The quantitative estimate of drug-likeness (QED) is 0.837. The SMILES string of the molecule is OC1CCOCC1Cc1cc(F)cc(F)c1. The minimum atomic E-state index is -0.582. The van der Waals surface area contributed by atoms with Crippen LogP contribution in [0.3, 0.4) is 0 Å². The Morgan fingerprint density at radius 3 is 2.56 bits per heavy atom. The molecule has 1 aliphatic heterocycles. The molecule has 1 fully saturated rings.